The minimum atomic E-state index is -0.258. The number of carbonyl (C=O) groups excluding carboxylic acids is 3. The van der Waals surface area contributed by atoms with Crippen molar-refractivity contribution in [1.29, 1.82) is 0 Å². The van der Waals surface area contributed by atoms with Gasteiger partial charge in [0.15, 0.2) is 0 Å². The summed E-state index contributed by atoms with van der Waals surface area (Å²) in [6, 6.07) is 4.93. The number of rotatable bonds is 6. The Kier molecular flexibility index (Phi) is 6.57. The van der Waals surface area contributed by atoms with Crippen molar-refractivity contribution in [3.05, 3.63) is 41.2 Å². The summed E-state index contributed by atoms with van der Waals surface area (Å²) < 4.78 is 0. The lowest BCUT2D eigenvalue weighted by atomic mass is 9.97. The van der Waals surface area contributed by atoms with Gasteiger partial charge in [-0.15, -0.1) is 0 Å². The summed E-state index contributed by atoms with van der Waals surface area (Å²) >= 11 is 0. The van der Waals surface area contributed by atoms with E-state index in [1.165, 1.54) is 18.4 Å². The third kappa shape index (κ3) is 5.15. The summed E-state index contributed by atoms with van der Waals surface area (Å²) in [5, 5.41) is 2.89. The van der Waals surface area contributed by atoms with Crippen LogP contribution in [0.5, 0.6) is 0 Å². The number of carbonyl (C=O) groups is 3. The number of piperazine rings is 1. The highest BCUT2D eigenvalue weighted by molar-refractivity contribution is 5.96. The SMILES string of the molecule is O=CN1CCN(C(=O)c2cccc(C(=O)NCCC3=CCCCC3)n2)CC1. The molecule has 0 saturated carbocycles. The number of hydrogen-bond donors (Lipinski definition) is 1. The highest BCUT2D eigenvalue weighted by atomic mass is 16.2. The van der Waals surface area contributed by atoms with E-state index >= 15 is 0 Å². The molecular weight excluding hydrogens is 344 g/mol. The maximum atomic E-state index is 12.6. The molecule has 1 aliphatic heterocycles. The summed E-state index contributed by atoms with van der Waals surface area (Å²) in [5.41, 5.74) is 1.93. The molecule has 0 radical (unpaired) electrons. The van der Waals surface area contributed by atoms with E-state index < -0.39 is 0 Å². The normalized spacial score (nSPS) is 17.3. The monoisotopic (exact) mass is 370 g/mol. The molecular formula is C20H26N4O3. The Bertz CT molecular complexity index is 724. The molecule has 1 aromatic rings. The quantitative estimate of drug-likeness (QED) is 0.609. The fraction of sp³-hybridized carbons (Fsp3) is 0.500. The van der Waals surface area contributed by atoms with E-state index in [1.54, 1.807) is 28.0 Å². The molecule has 0 bridgehead atoms. The number of aromatic nitrogens is 1. The zero-order chi connectivity index (χ0) is 19.1. The largest absolute Gasteiger partial charge is 0.350 e. The Hall–Kier alpha value is -2.70. The summed E-state index contributed by atoms with van der Waals surface area (Å²) in [6.07, 6.45) is 8.68. The Labute approximate surface area is 159 Å². The molecule has 1 fully saturated rings. The number of amides is 3. The lowest BCUT2D eigenvalue weighted by Gasteiger charge is -2.32. The Morgan fingerprint density at radius 3 is 2.59 bits per heavy atom. The molecule has 7 nitrogen and oxygen atoms in total. The van der Waals surface area contributed by atoms with Crippen LogP contribution in [0.2, 0.25) is 0 Å². The predicted molar refractivity (Wildman–Crippen MR) is 101 cm³/mol. The molecule has 2 heterocycles. The molecule has 1 N–H and O–H groups in total. The third-order valence-electron chi connectivity index (χ3n) is 5.07. The first kappa shape index (κ1) is 19.1. The molecule has 144 valence electrons. The van der Waals surface area contributed by atoms with Crippen LogP contribution in [-0.4, -0.2) is 65.7 Å². The van der Waals surface area contributed by atoms with Crippen LogP contribution in [0.4, 0.5) is 0 Å². The number of allylic oxidation sites excluding steroid dienone is 1. The van der Waals surface area contributed by atoms with Gasteiger partial charge in [0.1, 0.15) is 11.4 Å². The molecule has 27 heavy (non-hydrogen) atoms. The Balaban J connectivity index is 1.54. The van der Waals surface area contributed by atoms with Gasteiger partial charge < -0.3 is 15.1 Å². The smallest absolute Gasteiger partial charge is 0.272 e. The van der Waals surface area contributed by atoms with Crippen molar-refractivity contribution < 1.29 is 14.4 Å². The molecule has 2 aliphatic rings. The number of pyridine rings is 1. The molecule has 3 rings (SSSR count). The van der Waals surface area contributed by atoms with Crippen molar-refractivity contribution in [3.8, 4) is 0 Å². The highest BCUT2D eigenvalue weighted by Crippen LogP contribution is 2.19. The van der Waals surface area contributed by atoms with Crippen LogP contribution < -0.4 is 5.32 Å². The van der Waals surface area contributed by atoms with E-state index in [-0.39, 0.29) is 23.2 Å². The lowest BCUT2D eigenvalue weighted by molar-refractivity contribution is -0.119. The van der Waals surface area contributed by atoms with E-state index in [0.717, 1.165) is 25.7 Å². The summed E-state index contributed by atoms with van der Waals surface area (Å²) in [7, 11) is 0. The minimum absolute atomic E-state index is 0.206. The van der Waals surface area contributed by atoms with Crippen molar-refractivity contribution in [2.45, 2.75) is 32.1 Å². The maximum absolute atomic E-state index is 12.6. The first-order chi connectivity index (χ1) is 13.2. The first-order valence-electron chi connectivity index (χ1n) is 9.59. The topological polar surface area (TPSA) is 82.6 Å². The predicted octanol–water partition coefficient (Wildman–Crippen LogP) is 1.62. The number of nitrogens with one attached hydrogen (secondary N) is 1. The van der Waals surface area contributed by atoms with Gasteiger partial charge in [0.2, 0.25) is 6.41 Å². The highest BCUT2D eigenvalue weighted by Gasteiger charge is 2.23. The van der Waals surface area contributed by atoms with E-state index in [1.807, 2.05) is 0 Å². The molecule has 7 heteroatoms. The van der Waals surface area contributed by atoms with Crippen molar-refractivity contribution in [1.82, 2.24) is 20.1 Å². The van der Waals surface area contributed by atoms with Crippen molar-refractivity contribution in [2.24, 2.45) is 0 Å². The molecule has 3 amide bonds. The van der Waals surface area contributed by atoms with Crippen LogP contribution in [0, 0.1) is 0 Å². The van der Waals surface area contributed by atoms with Crippen LogP contribution in [0.1, 0.15) is 53.1 Å². The molecule has 0 aromatic carbocycles. The average molecular weight is 370 g/mol. The zero-order valence-corrected chi connectivity index (χ0v) is 15.5. The molecule has 0 unspecified atom stereocenters. The number of hydrogen-bond acceptors (Lipinski definition) is 4. The van der Waals surface area contributed by atoms with E-state index in [9.17, 15) is 14.4 Å². The molecule has 1 saturated heterocycles. The summed E-state index contributed by atoms with van der Waals surface area (Å²) in [4.78, 5) is 43.3. The Morgan fingerprint density at radius 2 is 1.89 bits per heavy atom. The van der Waals surface area contributed by atoms with Crippen molar-refractivity contribution >= 4 is 18.2 Å². The van der Waals surface area contributed by atoms with Gasteiger partial charge in [0.05, 0.1) is 0 Å². The fourth-order valence-corrected chi connectivity index (χ4v) is 3.43. The van der Waals surface area contributed by atoms with Gasteiger partial charge >= 0.3 is 0 Å². The van der Waals surface area contributed by atoms with Gasteiger partial charge in [-0.25, -0.2) is 4.98 Å². The molecule has 1 aromatic heterocycles. The van der Waals surface area contributed by atoms with Crippen molar-refractivity contribution in [2.75, 3.05) is 32.7 Å². The summed E-state index contributed by atoms with van der Waals surface area (Å²) in [6.45, 7) is 2.57. The van der Waals surface area contributed by atoms with Gasteiger partial charge in [-0.2, -0.15) is 0 Å². The van der Waals surface area contributed by atoms with E-state index in [4.69, 9.17) is 0 Å². The second-order valence-electron chi connectivity index (χ2n) is 6.96. The second kappa shape index (κ2) is 9.30. The van der Waals surface area contributed by atoms with E-state index in [0.29, 0.717) is 32.7 Å². The second-order valence-corrected chi connectivity index (χ2v) is 6.96. The van der Waals surface area contributed by atoms with Crippen LogP contribution in [0.25, 0.3) is 0 Å². The van der Waals surface area contributed by atoms with Crippen LogP contribution >= 0.6 is 0 Å². The van der Waals surface area contributed by atoms with Gasteiger partial charge in [-0.05, 0) is 44.2 Å². The van der Waals surface area contributed by atoms with Gasteiger partial charge in [-0.1, -0.05) is 17.7 Å². The molecule has 1 aliphatic carbocycles. The molecule has 0 spiro atoms. The first-order valence-corrected chi connectivity index (χ1v) is 9.59. The van der Waals surface area contributed by atoms with Crippen LogP contribution in [0.15, 0.2) is 29.8 Å². The van der Waals surface area contributed by atoms with Crippen molar-refractivity contribution in [3.63, 3.8) is 0 Å². The Morgan fingerprint density at radius 1 is 1.11 bits per heavy atom. The standard InChI is InChI=1S/C20H26N4O3/c25-15-23-11-13-24(14-12-23)20(27)18-8-4-7-17(22-18)19(26)21-10-9-16-5-2-1-3-6-16/h4-5,7-8,15H,1-3,6,9-14H2,(H,21,26). The molecule has 0 atom stereocenters. The van der Waals surface area contributed by atoms with Crippen LogP contribution in [-0.2, 0) is 4.79 Å². The zero-order valence-electron chi connectivity index (χ0n) is 15.5. The van der Waals surface area contributed by atoms with Gasteiger partial charge in [-0.3, -0.25) is 14.4 Å². The van der Waals surface area contributed by atoms with Gasteiger partial charge in [0, 0.05) is 32.7 Å². The van der Waals surface area contributed by atoms with E-state index in [2.05, 4.69) is 16.4 Å². The summed E-state index contributed by atoms with van der Waals surface area (Å²) in [5.74, 6) is -0.464. The van der Waals surface area contributed by atoms with Crippen LogP contribution in [0.3, 0.4) is 0 Å². The average Bonchev–Trinajstić information content (AvgIpc) is 2.74. The third-order valence-corrected chi connectivity index (χ3v) is 5.07. The lowest BCUT2D eigenvalue weighted by Crippen LogP contribution is -2.48. The van der Waals surface area contributed by atoms with Gasteiger partial charge in [0.25, 0.3) is 11.8 Å². The fourth-order valence-electron chi connectivity index (χ4n) is 3.43. The minimum Gasteiger partial charge on any atom is -0.350 e. The maximum Gasteiger partial charge on any atom is 0.272 e. The number of nitrogens with zero attached hydrogens (tertiary/aromatic N) is 3.